The Balaban J connectivity index is 2.36. The average Bonchev–Trinajstić information content (AvgIpc) is 2.60. The van der Waals surface area contributed by atoms with Crippen LogP contribution in [0.15, 0.2) is 24.4 Å². The van der Waals surface area contributed by atoms with Crippen molar-refractivity contribution in [2.45, 2.75) is 13.8 Å². The molecule has 4 nitrogen and oxygen atoms in total. The molecular weight excluding hydrogens is 222 g/mol. The minimum atomic E-state index is -0.110. The molecule has 2 heterocycles. The smallest absolute Gasteiger partial charge is 0.223 e. The molecule has 0 fully saturated rings. The van der Waals surface area contributed by atoms with E-state index in [1.54, 1.807) is 6.20 Å². The minimum absolute atomic E-state index is 0.110. The summed E-state index contributed by atoms with van der Waals surface area (Å²) in [4.78, 5) is 20.4. The molecule has 0 bridgehead atoms. The van der Waals surface area contributed by atoms with Crippen LogP contribution in [0.2, 0.25) is 0 Å². The van der Waals surface area contributed by atoms with E-state index in [2.05, 4.69) is 15.3 Å². The summed E-state index contributed by atoms with van der Waals surface area (Å²) in [6.45, 7) is 3.38. The van der Waals surface area contributed by atoms with E-state index in [1.165, 1.54) is 18.3 Å². The summed E-state index contributed by atoms with van der Waals surface area (Å²) in [5, 5.41) is 3.29. The van der Waals surface area contributed by atoms with Crippen molar-refractivity contribution in [1.29, 1.82) is 0 Å². The van der Waals surface area contributed by atoms with E-state index >= 15 is 0 Å². The Kier molecular flexibility index (Phi) is 2.96. The molecule has 2 aromatic rings. The molecule has 5 heteroatoms. The highest BCUT2D eigenvalue weighted by atomic mass is 32.1. The number of thiazole rings is 1. The Morgan fingerprint density at radius 3 is 2.88 bits per heavy atom. The Bertz CT molecular complexity index is 507. The molecule has 1 amide bonds. The fourth-order valence-corrected chi connectivity index (χ4v) is 2.32. The summed E-state index contributed by atoms with van der Waals surface area (Å²) in [6, 6.07) is 5.73. The van der Waals surface area contributed by atoms with E-state index in [1.807, 2.05) is 25.1 Å². The van der Waals surface area contributed by atoms with Crippen molar-refractivity contribution >= 4 is 22.4 Å². The van der Waals surface area contributed by atoms with E-state index in [-0.39, 0.29) is 5.91 Å². The lowest BCUT2D eigenvalue weighted by Crippen LogP contribution is -2.04. The molecule has 0 radical (unpaired) electrons. The Hall–Kier alpha value is -1.75. The highest BCUT2D eigenvalue weighted by Crippen LogP contribution is 2.30. The molecule has 0 unspecified atom stereocenters. The monoisotopic (exact) mass is 233 g/mol. The van der Waals surface area contributed by atoms with Gasteiger partial charge in [0.1, 0.15) is 0 Å². The van der Waals surface area contributed by atoms with Gasteiger partial charge >= 0.3 is 0 Å². The van der Waals surface area contributed by atoms with Crippen molar-refractivity contribution in [3.63, 3.8) is 0 Å². The van der Waals surface area contributed by atoms with E-state index in [4.69, 9.17) is 0 Å². The first-order valence-electron chi connectivity index (χ1n) is 4.83. The van der Waals surface area contributed by atoms with Crippen molar-refractivity contribution in [3.8, 4) is 10.6 Å². The molecule has 2 rings (SSSR count). The fraction of sp³-hybridized carbons (Fsp3) is 0.182. The van der Waals surface area contributed by atoms with Crippen LogP contribution in [0.5, 0.6) is 0 Å². The Morgan fingerprint density at radius 2 is 2.25 bits per heavy atom. The van der Waals surface area contributed by atoms with E-state index in [0.717, 1.165) is 16.3 Å². The first-order chi connectivity index (χ1) is 7.66. The van der Waals surface area contributed by atoms with Crippen LogP contribution in [-0.4, -0.2) is 15.9 Å². The van der Waals surface area contributed by atoms with Gasteiger partial charge in [-0.2, -0.15) is 0 Å². The van der Waals surface area contributed by atoms with Crippen molar-refractivity contribution in [1.82, 2.24) is 9.97 Å². The number of aromatic nitrogens is 2. The number of nitrogens with one attached hydrogen (secondary N) is 1. The lowest BCUT2D eigenvalue weighted by atomic mass is 10.3. The number of hydrogen-bond donors (Lipinski definition) is 1. The van der Waals surface area contributed by atoms with Gasteiger partial charge in [0.05, 0.1) is 16.3 Å². The summed E-state index contributed by atoms with van der Waals surface area (Å²) < 4.78 is 0. The van der Waals surface area contributed by atoms with Crippen LogP contribution < -0.4 is 5.32 Å². The van der Waals surface area contributed by atoms with Gasteiger partial charge < -0.3 is 5.32 Å². The van der Waals surface area contributed by atoms with Gasteiger partial charge in [-0.1, -0.05) is 17.4 Å². The third-order valence-electron chi connectivity index (χ3n) is 1.98. The van der Waals surface area contributed by atoms with Crippen LogP contribution >= 0.6 is 11.3 Å². The lowest BCUT2D eigenvalue weighted by molar-refractivity contribution is -0.114. The number of rotatable bonds is 2. The van der Waals surface area contributed by atoms with Gasteiger partial charge in [-0.25, -0.2) is 4.98 Å². The highest BCUT2D eigenvalue weighted by Gasteiger charge is 2.10. The van der Waals surface area contributed by atoms with Crippen molar-refractivity contribution in [2.24, 2.45) is 0 Å². The molecule has 0 saturated carbocycles. The number of anilines is 1. The zero-order valence-electron chi connectivity index (χ0n) is 9.02. The van der Waals surface area contributed by atoms with Crippen LogP contribution in [0.4, 0.5) is 5.13 Å². The summed E-state index contributed by atoms with van der Waals surface area (Å²) in [7, 11) is 0. The lowest BCUT2D eigenvalue weighted by Gasteiger charge is -1.95. The van der Waals surface area contributed by atoms with E-state index in [0.29, 0.717) is 5.13 Å². The molecule has 0 atom stereocenters. The van der Waals surface area contributed by atoms with E-state index < -0.39 is 0 Å². The normalized spacial score (nSPS) is 10.1. The maximum absolute atomic E-state index is 10.9. The SMILES string of the molecule is CC(=O)Nc1nc(C)c(-c2ccccn2)s1. The second-order valence-electron chi connectivity index (χ2n) is 3.33. The molecule has 0 aliphatic heterocycles. The number of hydrogen-bond acceptors (Lipinski definition) is 4. The van der Waals surface area contributed by atoms with E-state index in [9.17, 15) is 4.79 Å². The van der Waals surface area contributed by atoms with Gasteiger partial charge in [-0.15, -0.1) is 0 Å². The van der Waals surface area contributed by atoms with Crippen molar-refractivity contribution in [2.75, 3.05) is 5.32 Å². The molecule has 2 aromatic heterocycles. The van der Waals surface area contributed by atoms with Gasteiger partial charge in [0.25, 0.3) is 0 Å². The summed E-state index contributed by atoms with van der Waals surface area (Å²) in [5.74, 6) is -0.110. The Morgan fingerprint density at radius 1 is 1.44 bits per heavy atom. The number of nitrogens with zero attached hydrogens (tertiary/aromatic N) is 2. The molecule has 0 spiro atoms. The van der Waals surface area contributed by atoms with Crippen molar-refractivity contribution in [3.05, 3.63) is 30.1 Å². The summed E-state index contributed by atoms with van der Waals surface area (Å²) in [6.07, 6.45) is 1.74. The molecule has 0 aliphatic carbocycles. The summed E-state index contributed by atoms with van der Waals surface area (Å²) >= 11 is 1.44. The third-order valence-corrected chi connectivity index (χ3v) is 3.07. The zero-order chi connectivity index (χ0) is 11.5. The molecule has 0 aromatic carbocycles. The van der Waals surface area contributed by atoms with Gasteiger partial charge in [0, 0.05) is 13.1 Å². The van der Waals surface area contributed by atoms with Gasteiger partial charge in [-0.3, -0.25) is 9.78 Å². The second kappa shape index (κ2) is 4.40. The van der Waals surface area contributed by atoms with Crippen LogP contribution in [0.1, 0.15) is 12.6 Å². The maximum atomic E-state index is 10.9. The summed E-state index contributed by atoms with van der Waals surface area (Å²) in [5.41, 5.74) is 1.77. The van der Waals surface area contributed by atoms with Crippen LogP contribution in [-0.2, 0) is 4.79 Å². The van der Waals surface area contributed by atoms with Crippen LogP contribution in [0.25, 0.3) is 10.6 Å². The number of amides is 1. The second-order valence-corrected chi connectivity index (χ2v) is 4.33. The van der Waals surface area contributed by atoms with Crippen LogP contribution in [0.3, 0.4) is 0 Å². The molecule has 16 heavy (non-hydrogen) atoms. The first-order valence-corrected chi connectivity index (χ1v) is 5.65. The first kappa shape index (κ1) is 10.8. The zero-order valence-corrected chi connectivity index (χ0v) is 9.84. The molecule has 1 N–H and O–H groups in total. The molecular formula is C11H11N3OS. The quantitative estimate of drug-likeness (QED) is 0.867. The van der Waals surface area contributed by atoms with Crippen molar-refractivity contribution < 1.29 is 4.79 Å². The number of carbonyl (C=O) groups is 1. The van der Waals surface area contributed by atoms with Gasteiger partial charge in [0.2, 0.25) is 5.91 Å². The predicted molar refractivity (Wildman–Crippen MR) is 64.4 cm³/mol. The van der Waals surface area contributed by atoms with Gasteiger partial charge in [-0.05, 0) is 19.1 Å². The fourth-order valence-electron chi connectivity index (χ4n) is 1.34. The predicted octanol–water partition coefficient (Wildman–Crippen LogP) is 2.47. The standard InChI is InChI=1S/C11H11N3OS/c1-7-10(9-5-3-4-6-12-9)16-11(13-7)14-8(2)15/h3-6H,1-2H3,(H,13,14,15). The average molecular weight is 233 g/mol. The maximum Gasteiger partial charge on any atom is 0.223 e. The van der Waals surface area contributed by atoms with Gasteiger partial charge in [0.15, 0.2) is 5.13 Å². The Labute approximate surface area is 97.4 Å². The topological polar surface area (TPSA) is 54.9 Å². The largest absolute Gasteiger partial charge is 0.302 e. The number of aryl methyl sites for hydroxylation is 1. The molecule has 82 valence electrons. The third kappa shape index (κ3) is 2.25. The van der Waals surface area contributed by atoms with Crippen LogP contribution in [0, 0.1) is 6.92 Å². The number of pyridine rings is 1. The minimum Gasteiger partial charge on any atom is -0.302 e. The number of carbonyl (C=O) groups excluding carboxylic acids is 1. The highest BCUT2D eigenvalue weighted by molar-refractivity contribution is 7.19. The molecule has 0 aliphatic rings. The molecule has 0 saturated heterocycles.